The van der Waals surface area contributed by atoms with Crippen LogP contribution >= 0.6 is 0 Å². The molecule has 0 fully saturated rings. The van der Waals surface area contributed by atoms with Crippen molar-refractivity contribution in [1.82, 2.24) is 0 Å². The topological polar surface area (TPSA) is 40.5 Å². The molecule has 0 aliphatic carbocycles. The summed E-state index contributed by atoms with van der Waals surface area (Å²) >= 11 is 0. The van der Waals surface area contributed by atoms with Gasteiger partial charge in [0.2, 0.25) is 0 Å². The molecule has 2 nitrogen and oxygen atoms in total. The van der Waals surface area contributed by atoms with Crippen molar-refractivity contribution in [3.05, 3.63) is 28.8 Å². The van der Waals surface area contributed by atoms with Crippen molar-refractivity contribution >= 4 is 0 Å². The van der Waals surface area contributed by atoms with Crippen molar-refractivity contribution in [2.24, 2.45) is 0 Å². The molecule has 0 saturated heterocycles. The number of benzene rings is 1. The molecular weight excluding hydrogens is 152 g/mol. The minimum absolute atomic E-state index is 0.174. The molecule has 0 aliphatic heterocycles. The van der Waals surface area contributed by atoms with E-state index in [-0.39, 0.29) is 5.75 Å². The highest BCUT2D eigenvalue weighted by Crippen LogP contribution is 2.26. The quantitative estimate of drug-likeness (QED) is 0.670. The van der Waals surface area contributed by atoms with Crippen LogP contribution in [-0.4, -0.2) is 10.2 Å². The predicted molar refractivity (Wildman–Crippen MR) is 48.2 cm³/mol. The number of rotatable bonds is 1. The summed E-state index contributed by atoms with van der Waals surface area (Å²) in [7, 11) is 0. The molecule has 0 radical (unpaired) electrons. The first-order chi connectivity index (χ1) is 5.52. The van der Waals surface area contributed by atoms with E-state index >= 15 is 0 Å². The van der Waals surface area contributed by atoms with Crippen molar-refractivity contribution in [2.75, 3.05) is 0 Å². The van der Waals surface area contributed by atoms with Gasteiger partial charge in [0.1, 0.15) is 5.75 Å². The third kappa shape index (κ3) is 1.59. The molecule has 0 bridgehead atoms. The molecule has 0 aromatic heterocycles. The second-order valence-corrected chi connectivity index (χ2v) is 3.17. The zero-order valence-electron chi connectivity index (χ0n) is 7.63. The Bertz CT molecular complexity index is 290. The highest BCUT2D eigenvalue weighted by Gasteiger charge is 2.08. The van der Waals surface area contributed by atoms with Gasteiger partial charge in [0.25, 0.3) is 0 Å². The number of hydrogen-bond acceptors (Lipinski definition) is 2. The highest BCUT2D eigenvalue weighted by atomic mass is 16.3. The third-order valence-electron chi connectivity index (χ3n) is 2.09. The standard InChI is InChI=1S/C10H14O2/c1-6-4-9(8(3)11)10(12)5-7(6)2/h4-5,8,11-12H,1-3H3. The first-order valence-electron chi connectivity index (χ1n) is 4.00. The maximum atomic E-state index is 9.43. The van der Waals surface area contributed by atoms with Crippen LogP contribution in [0, 0.1) is 13.8 Å². The zero-order valence-corrected chi connectivity index (χ0v) is 7.63. The van der Waals surface area contributed by atoms with Crippen molar-refractivity contribution in [1.29, 1.82) is 0 Å². The molecule has 12 heavy (non-hydrogen) atoms. The molecule has 0 spiro atoms. The zero-order chi connectivity index (χ0) is 9.30. The van der Waals surface area contributed by atoms with E-state index in [1.165, 1.54) is 0 Å². The number of aromatic hydroxyl groups is 1. The number of aryl methyl sites for hydroxylation is 2. The summed E-state index contributed by atoms with van der Waals surface area (Å²) in [5, 5.41) is 18.7. The van der Waals surface area contributed by atoms with Crippen LogP contribution in [0.3, 0.4) is 0 Å². The molecule has 1 aromatic rings. The lowest BCUT2D eigenvalue weighted by molar-refractivity contribution is 0.195. The molecule has 0 amide bonds. The maximum absolute atomic E-state index is 9.43. The fourth-order valence-electron chi connectivity index (χ4n) is 1.16. The second-order valence-electron chi connectivity index (χ2n) is 3.17. The smallest absolute Gasteiger partial charge is 0.121 e. The van der Waals surface area contributed by atoms with Gasteiger partial charge in [0, 0.05) is 5.56 Å². The van der Waals surface area contributed by atoms with E-state index in [0.717, 1.165) is 11.1 Å². The lowest BCUT2D eigenvalue weighted by Gasteiger charge is -2.10. The lowest BCUT2D eigenvalue weighted by atomic mass is 10.0. The van der Waals surface area contributed by atoms with Crippen LogP contribution in [0.4, 0.5) is 0 Å². The van der Waals surface area contributed by atoms with Gasteiger partial charge in [0.15, 0.2) is 0 Å². The molecule has 2 N–H and O–H groups in total. The van der Waals surface area contributed by atoms with Crippen LogP contribution in [0.25, 0.3) is 0 Å². The molecule has 1 unspecified atom stereocenters. The van der Waals surface area contributed by atoms with Gasteiger partial charge in [0.05, 0.1) is 6.10 Å². The molecule has 0 heterocycles. The Labute approximate surface area is 72.5 Å². The molecule has 66 valence electrons. The van der Waals surface area contributed by atoms with Crippen molar-refractivity contribution in [2.45, 2.75) is 26.9 Å². The van der Waals surface area contributed by atoms with E-state index in [2.05, 4.69) is 0 Å². The molecule has 0 saturated carbocycles. The summed E-state index contributed by atoms with van der Waals surface area (Å²) in [5.41, 5.74) is 2.72. The van der Waals surface area contributed by atoms with Crippen LogP contribution in [0.2, 0.25) is 0 Å². The fourth-order valence-corrected chi connectivity index (χ4v) is 1.16. The summed E-state index contributed by atoms with van der Waals surface area (Å²) in [6, 6.07) is 3.49. The highest BCUT2D eigenvalue weighted by molar-refractivity contribution is 5.41. The SMILES string of the molecule is Cc1cc(O)c(C(C)O)cc1C. The Morgan fingerprint density at radius 3 is 2.17 bits per heavy atom. The van der Waals surface area contributed by atoms with Gasteiger partial charge in [-0.3, -0.25) is 0 Å². The van der Waals surface area contributed by atoms with Gasteiger partial charge in [-0.2, -0.15) is 0 Å². The van der Waals surface area contributed by atoms with Crippen LogP contribution in [-0.2, 0) is 0 Å². The molecule has 1 atom stereocenters. The predicted octanol–water partition coefficient (Wildman–Crippen LogP) is 2.06. The number of aliphatic hydroxyl groups excluding tert-OH is 1. The van der Waals surface area contributed by atoms with Gasteiger partial charge >= 0.3 is 0 Å². The van der Waals surface area contributed by atoms with Crippen molar-refractivity contribution in [3.8, 4) is 5.75 Å². The number of phenols is 1. The van der Waals surface area contributed by atoms with Gasteiger partial charge in [-0.25, -0.2) is 0 Å². The molecular formula is C10H14O2. The summed E-state index contributed by atoms with van der Waals surface area (Å²) in [6.07, 6.45) is -0.607. The Morgan fingerprint density at radius 1 is 1.17 bits per heavy atom. The van der Waals surface area contributed by atoms with Crippen molar-refractivity contribution < 1.29 is 10.2 Å². The number of aliphatic hydroxyl groups is 1. The van der Waals surface area contributed by atoms with E-state index in [0.29, 0.717) is 5.56 Å². The Kier molecular flexibility index (Phi) is 2.38. The molecule has 2 heteroatoms. The molecule has 0 aliphatic rings. The average molecular weight is 166 g/mol. The van der Waals surface area contributed by atoms with Crippen molar-refractivity contribution in [3.63, 3.8) is 0 Å². The summed E-state index contributed by atoms with van der Waals surface area (Å²) in [6.45, 7) is 5.53. The third-order valence-corrected chi connectivity index (χ3v) is 2.09. The summed E-state index contributed by atoms with van der Waals surface area (Å²) in [5.74, 6) is 0.174. The maximum Gasteiger partial charge on any atom is 0.121 e. The van der Waals surface area contributed by atoms with Crippen LogP contribution in [0.1, 0.15) is 29.7 Å². The van der Waals surface area contributed by atoms with Crippen LogP contribution in [0.5, 0.6) is 5.75 Å². The largest absolute Gasteiger partial charge is 0.508 e. The van der Waals surface area contributed by atoms with Crippen LogP contribution in [0.15, 0.2) is 12.1 Å². The minimum Gasteiger partial charge on any atom is -0.508 e. The van der Waals surface area contributed by atoms with E-state index in [1.54, 1.807) is 13.0 Å². The first kappa shape index (κ1) is 9.07. The average Bonchev–Trinajstić information content (AvgIpc) is 1.96. The Hall–Kier alpha value is -1.02. The van der Waals surface area contributed by atoms with E-state index in [9.17, 15) is 10.2 Å². The first-order valence-corrected chi connectivity index (χ1v) is 4.00. The normalized spacial score (nSPS) is 13.0. The molecule has 1 rings (SSSR count). The van der Waals surface area contributed by atoms with E-state index < -0.39 is 6.10 Å². The van der Waals surface area contributed by atoms with E-state index in [1.807, 2.05) is 19.9 Å². The number of phenolic OH excluding ortho intramolecular Hbond substituents is 1. The minimum atomic E-state index is -0.607. The fraction of sp³-hybridized carbons (Fsp3) is 0.400. The number of hydrogen-bond donors (Lipinski definition) is 2. The Morgan fingerprint density at radius 2 is 1.67 bits per heavy atom. The molecule has 1 aromatic carbocycles. The van der Waals surface area contributed by atoms with Gasteiger partial charge in [-0.15, -0.1) is 0 Å². The van der Waals surface area contributed by atoms with E-state index in [4.69, 9.17) is 0 Å². The van der Waals surface area contributed by atoms with Crippen LogP contribution < -0.4 is 0 Å². The van der Waals surface area contributed by atoms with Gasteiger partial charge in [-0.1, -0.05) is 0 Å². The summed E-state index contributed by atoms with van der Waals surface area (Å²) < 4.78 is 0. The Balaban J connectivity index is 3.23. The monoisotopic (exact) mass is 166 g/mol. The summed E-state index contributed by atoms with van der Waals surface area (Å²) in [4.78, 5) is 0. The van der Waals surface area contributed by atoms with Gasteiger partial charge < -0.3 is 10.2 Å². The van der Waals surface area contributed by atoms with Gasteiger partial charge in [-0.05, 0) is 44.0 Å². The lowest BCUT2D eigenvalue weighted by Crippen LogP contribution is -1.93. The second kappa shape index (κ2) is 3.15.